The zero-order chi connectivity index (χ0) is 30.3. The van der Waals surface area contributed by atoms with Gasteiger partial charge in [0, 0.05) is 12.2 Å². The van der Waals surface area contributed by atoms with Gasteiger partial charge in [-0.1, -0.05) is 103 Å². The first-order valence-corrected chi connectivity index (χ1v) is 15.7. The molecule has 0 fully saturated rings. The van der Waals surface area contributed by atoms with Crippen molar-refractivity contribution in [2.24, 2.45) is 11.1 Å². The Bertz CT molecular complexity index is 1370. The molecule has 2 aromatic carbocycles. The van der Waals surface area contributed by atoms with Crippen LogP contribution in [0.15, 0.2) is 66.9 Å². The van der Waals surface area contributed by atoms with E-state index in [1.54, 1.807) is 0 Å². The van der Waals surface area contributed by atoms with E-state index in [1.165, 1.54) is 68.6 Å². The lowest BCUT2D eigenvalue weighted by Gasteiger charge is -2.28. The molecule has 1 unspecified atom stereocenters. The maximum Gasteiger partial charge on any atom is 0.0504 e. The minimum absolute atomic E-state index is 0.0239. The highest BCUT2D eigenvalue weighted by Gasteiger charge is 2.23. The summed E-state index contributed by atoms with van der Waals surface area (Å²) in [6.07, 6.45) is 8.52. The predicted molar refractivity (Wildman–Crippen MR) is 181 cm³/mol. The molecule has 0 aliphatic heterocycles. The molecule has 0 bridgehead atoms. The Morgan fingerprint density at radius 1 is 0.951 bits per heavy atom. The topological polar surface area (TPSA) is 38.9 Å². The number of hydrogen-bond donors (Lipinski definition) is 1. The van der Waals surface area contributed by atoms with E-state index in [-0.39, 0.29) is 11.5 Å². The molecule has 2 heteroatoms. The Morgan fingerprint density at radius 2 is 1.66 bits per heavy atom. The molecule has 2 N–H and O–H groups in total. The fraction of sp³-hybridized carbons (Fsp3) is 0.462. The van der Waals surface area contributed by atoms with Gasteiger partial charge in [-0.3, -0.25) is 4.98 Å². The van der Waals surface area contributed by atoms with E-state index in [0.29, 0.717) is 5.92 Å². The summed E-state index contributed by atoms with van der Waals surface area (Å²) >= 11 is 0. The van der Waals surface area contributed by atoms with Gasteiger partial charge in [0.05, 0.1) is 5.69 Å². The van der Waals surface area contributed by atoms with E-state index < -0.39 is 0 Å². The highest BCUT2D eigenvalue weighted by Crippen LogP contribution is 2.41. The van der Waals surface area contributed by atoms with Crippen LogP contribution < -0.4 is 5.73 Å². The molecule has 41 heavy (non-hydrogen) atoms. The van der Waals surface area contributed by atoms with Gasteiger partial charge in [0.15, 0.2) is 0 Å². The highest BCUT2D eigenvalue weighted by atomic mass is 14.7. The summed E-state index contributed by atoms with van der Waals surface area (Å²) in [5, 5.41) is 0. The second-order valence-corrected chi connectivity index (χ2v) is 13.2. The lowest BCUT2D eigenvalue weighted by molar-refractivity contribution is 0.362. The number of hydrogen-bond acceptors (Lipinski definition) is 2. The predicted octanol–water partition coefficient (Wildman–Crippen LogP) is 10.7. The molecule has 0 aliphatic rings. The van der Waals surface area contributed by atoms with Crippen LogP contribution in [-0.4, -0.2) is 11.0 Å². The van der Waals surface area contributed by atoms with Crippen LogP contribution in [0.5, 0.6) is 0 Å². The maximum absolute atomic E-state index is 6.34. The van der Waals surface area contributed by atoms with E-state index in [9.17, 15) is 0 Å². The van der Waals surface area contributed by atoms with Crippen molar-refractivity contribution in [2.45, 2.75) is 113 Å². The maximum atomic E-state index is 6.34. The van der Waals surface area contributed by atoms with Crippen molar-refractivity contribution in [1.29, 1.82) is 0 Å². The first kappa shape index (κ1) is 32.5. The summed E-state index contributed by atoms with van der Waals surface area (Å²) in [5.41, 5.74) is 20.6. The molecular weight excluding hydrogens is 496 g/mol. The summed E-state index contributed by atoms with van der Waals surface area (Å²) < 4.78 is 0. The van der Waals surface area contributed by atoms with E-state index in [0.717, 1.165) is 31.3 Å². The van der Waals surface area contributed by atoms with Gasteiger partial charge >= 0.3 is 0 Å². The van der Waals surface area contributed by atoms with Crippen LogP contribution in [0.4, 0.5) is 0 Å². The number of nitrogens with two attached hydrogens (primary N) is 1. The van der Waals surface area contributed by atoms with E-state index in [2.05, 4.69) is 117 Å². The molecule has 1 aromatic heterocycles. The van der Waals surface area contributed by atoms with Crippen molar-refractivity contribution < 1.29 is 0 Å². The van der Waals surface area contributed by atoms with E-state index in [1.807, 2.05) is 6.92 Å². The van der Waals surface area contributed by atoms with Crippen LogP contribution in [-0.2, 0) is 12.8 Å². The number of rotatable bonds is 13. The van der Waals surface area contributed by atoms with Crippen molar-refractivity contribution in [3.05, 3.63) is 100 Å². The summed E-state index contributed by atoms with van der Waals surface area (Å²) in [6.45, 7) is 24.5. The normalized spacial score (nSPS) is 13.3. The van der Waals surface area contributed by atoms with Crippen molar-refractivity contribution >= 4 is 11.1 Å². The molecule has 0 aliphatic carbocycles. The van der Waals surface area contributed by atoms with Crippen LogP contribution in [0, 0.1) is 12.3 Å². The van der Waals surface area contributed by atoms with Gasteiger partial charge < -0.3 is 5.73 Å². The monoisotopic (exact) mass is 550 g/mol. The number of allylic oxidation sites excluding steroid dienone is 2. The Balaban J connectivity index is 2.22. The number of benzene rings is 2. The lowest BCUT2D eigenvalue weighted by atomic mass is 9.77. The zero-order valence-corrected chi connectivity index (χ0v) is 27.3. The van der Waals surface area contributed by atoms with Gasteiger partial charge in [0.1, 0.15) is 0 Å². The van der Waals surface area contributed by atoms with Crippen molar-refractivity contribution in [2.75, 3.05) is 0 Å². The van der Waals surface area contributed by atoms with E-state index >= 15 is 0 Å². The molecule has 0 saturated carbocycles. The fourth-order valence-electron chi connectivity index (χ4n) is 5.43. The molecule has 0 spiro atoms. The third-order valence-electron chi connectivity index (χ3n) is 8.72. The van der Waals surface area contributed by atoms with Gasteiger partial charge in [0.2, 0.25) is 0 Å². The van der Waals surface area contributed by atoms with Crippen molar-refractivity contribution in [1.82, 2.24) is 4.98 Å². The van der Waals surface area contributed by atoms with Crippen LogP contribution in [0.3, 0.4) is 0 Å². The van der Waals surface area contributed by atoms with Crippen LogP contribution in [0.2, 0.25) is 0 Å². The highest BCUT2D eigenvalue weighted by molar-refractivity contribution is 5.92. The number of aryl methyl sites for hydroxylation is 2. The molecule has 1 heterocycles. The van der Waals surface area contributed by atoms with Crippen LogP contribution in [0.1, 0.15) is 121 Å². The average molecular weight is 551 g/mol. The number of nitrogens with zero attached hydrogens (tertiary/aromatic N) is 1. The SMILES string of the molecule is C=C(C)C(N)Cc1cccc(-c2ccc(C)c(/C(CC(C)(C)CC)=C(\C)c3cc(CCCC)cnc3C(C)C)c2)c1. The van der Waals surface area contributed by atoms with Gasteiger partial charge in [-0.25, -0.2) is 0 Å². The Hall–Kier alpha value is -2.97. The molecule has 2 nitrogen and oxygen atoms in total. The second-order valence-electron chi connectivity index (χ2n) is 13.2. The van der Waals surface area contributed by atoms with Crippen LogP contribution in [0.25, 0.3) is 22.3 Å². The quantitative estimate of drug-likeness (QED) is 0.215. The number of aromatic nitrogens is 1. The van der Waals surface area contributed by atoms with E-state index in [4.69, 9.17) is 10.7 Å². The Kier molecular flexibility index (Phi) is 11.3. The van der Waals surface area contributed by atoms with Gasteiger partial charge in [-0.15, -0.1) is 0 Å². The third kappa shape index (κ3) is 8.52. The standard InChI is InChI=1S/C39H54N2/c1-11-13-15-31-21-35(38(27(5)6)41-25-31)29(8)36(24-39(9,10)12-2)34-23-33(19-18-28(34)7)32-17-14-16-30(20-32)22-37(40)26(3)4/h14,16-21,23,25,27,37H,3,11-13,15,22,24,40H2,1-2,4-10H3/b36-29+. The minimum Gasteiger partial charge on any atom is -0.324 e. The molecule has 0 radical (unpaired) electrons. The number of unbranched alkanes of at least 4 members (excludes halogenated alkanes) is 1. The summed E-state index contributed by atoms with van der Waals surface area (Å²) in [7, 11) is 0. The van der Waals surface area contributed by atoms with Crippen molar-refractivity contribution in [3.63, 3.8) is 0 Å². The fourth-order valence-corrected chi connectivity index (χ4v) is 5.43. The summed E-state index contributed by atoms with van der Waals surface area (Å²) in [5.74, 6) is 0.362. The van der Waals surface area contributed by atoms with Gasteiger partial charge in [-0.05, 0) is 120 Å². The largest absolute Gasteiger partial charge is 0.324 e. The Morgan fingerprint density at radius 3 is 2.29 bits per heavy atom. The molecular formula is C39H54N2. The van der Waals surface area contributed by atoms with Crippen LogP contribution >= 0.6 is 0 Å². The van der Waals surface area contributed by atoms with Crippen molar-refractivity contribution in [3.8, 4) is 11.1 Å². The summed E-state index contributed by atoms with van der Waals surface area (Å²) in [6, 6.07) is 18.2. The Labute approximate surface area is 251 Å². The zero-order valence-electron chi connectivity index (χ0n) is 27.3. The second kappa shape index (κ2) is 14.3. The molecule has 0 amide bonds. The molecule has 3 rings (SSSR count). The molecule has 1 atom stereocenters. The van der Waals surface area contributed by atoms with Gasteiger partial charge in [-0.2, -0.15) is 0 Å². The average Bonchev–Trinajstić information content (AvgIpc) is 2.94. The first-order valence-electron chi connectivity index (χ1n) is 15.7. The smallest absolute Gasteiger partial charge is 0.0504 e. The van der Waals surface area contributed by atoms with Gasteiger partial charge in [0.25, 0.3) is 0 Å². The molecule has 3 aromatic rings. The third-order valence-corrected chi connectivity index (χ3v) is 8.72. The lowest BCUT2D eigenvalue weighted by Crippen LogP contribution is -2.23. The molecule has 0 saturated heterocycles. The first-order chi connectivity index (χ1) is 19.4. The summed E-state index contributed by atoms with van der Waals surface area (Å²) in [4.78, 5) is 5.03. The molecule has 220 valence electrons. The minimum atomic E-state index is -0.0239. The number of pyridine rings is 1.